The maximum absolute atomic E-state index is 12.5. The summed E-state index contributed by atoms with van der Waals surface area (Å²) in [5, 5.41) is 17.1. The molecule has 2 aliphatic rings. The van der Waals surface area contributed by atoms with Crippen molar-refractivity contribution < 1.29 is 14.3 Å². The molecule has 0 radical (unpaired) electrons. The van der Waals surface area contributed by atoms with Crippen molar-refractivity contribution in [1.82, 2.24) is 5.32 Å². The first-order chi connectivity index (χ1) is 12.7. The molecule has 1 aliphatic heterocycles. The molecule has 132 valence electrons. The molecular weight excluding hydrogens is 328 g/mol. The lowest BCUT2D eigenvalue weighted by Gasteiger charge is -2.25. The summed E-state index contributed by atoms with van der Waals surface area (Å²) >= 11 is 0. The molecule has 26 heavy (non-hydrogen) atoms. The van der Waals surface area contributed by atoms with Crippen molar-refractivity contribution in [2.24, 2.45) is 5.92 Å². The molecule has 1 amide bonds. The van der Waals surface area contributed by atoms with Gasteiger partial charge in [-0.05, 0) is 55.2 Å². The molecule has 3 N–H and O–H groups in total. The van der Waals surface area contributed by atoms with E-state index in [9.17, 15) is 9.90 Å². The molecule has 2 fully saturated rings. The molecule has 2 aromatic carbocycles. The minimum Gasteiger partial charge on any atom is -0.456 e. The molecule has 3 aromatic rings. The van der Waals surface area contributed by atoms with Gasteiger partial charge in [0.2, 0.25) is 5.91 Å². The number of benzene rings is 2. The van der Waals surface area contributed by atoms with Crippen LogP contribution in [0.4, 0.5) is 5.69 Å². The Bertz CT molecular complexity index is 928. The summed E-state index contributed by atoms with van der Waals surface area (Å²) in [6.07, 6.45) is 1.28. The van der Waals surface area contributed by atoms with Crippen molar-refractivity contribution in [1.29, 1.82) is 0 Å². The second-order valence-corrected chi connectivity index (χ2v) is 7.26. The van der Waals surface area contributed by atoms with Crippen molar-refractivity contribution in [3.8, 4) is 11.3 Å². The molecule has 5 nitrogen and oxygen atoms in total. The summed E-state index contributed by atoms with van der Waals surface area (Å²) < 4.78 is 5.88. The highest BCUT2D eigenvalue weighted by molar-refractivity contribution is 5.95. The predicted molar refractivity (Wildman–Crippen MR) is 99.7 cm³/mol. The number of hydrogen-bond acceptors (Lipinski definition) is 4. The number of fused-ring (bicyclic) bond motifs is 3. The largest absolute Gasteiger partial charge is 0.456 e. The summed E-state index contributed by atoms with van der Waals surface area (Å²) in [6, 6.07) is 17.5. The molecule has 1 saturated carbocycles. The third-order valence-corrected chi connectivity index (χ3v) is 5.58. The highest BCUT2D eigenvalue weighted by atomic mass is 16.3. The van der Waals surface area contributed by atoms with Crippen LogP contribution >= 0.6 is 0 Å². The van der Waals surface area contributed by atoms with Crippen LogP contribution in [0.15, 0.2) is 59.0 Å². The van der Waals surface area contributed by atoms with Crippen molar-refractivity contribution in [2.75, 3.05) is 5.32 Å². The smallest absolute Gasteiger partial charge is 0.241 e. The molecule has 5 heteroatoms. The van der Waals surface area contributed by atoms with Gasteiger partial charge in [0.15, 0.2) is 0 Å². The number of para-hydroxylation sites is 1. The first kappa shape index (κ1) is 15.6. The van der Waals surface area contributed by atoms with Crippen molar-refractivity contribution >= 4 is 22.6 Å². The number of furan rings is 1. The van der Waals surface area contributed by atoms with Gasteiger partial charge in [-0.15, -0.1) is 0 Å². The van der Waals surface area contributed by atoms with Crippen LogP contribution in [0.5, 0.6) is 0 Å². The lowest BCUT2D eigenvalue weighted by atomic mass is 9.98. The Morgan fingerprint density at radius 2 is 1.92 bits per heavy atom. The van der Waals surface area contributed by atoms with Crippen LogP contribution in [-0.2, 0) is 4.79 Å². The normalized spacial score (nSPS) is 27.1. The number of aliphatic hydroxyl groups is 1. The highest BCUT2D eigenvalue weighted by Crippen LogP contribution is 2.36. The topological polar surface area (TPSA) is 74.5 Å². The van der Waals surface area contributed by atoms with Gasteiger partial charge in [0.1, 0.15) is 11.3 Å². The van der Waals surface area contributed by atoms with E-state index in [0.29, 0.717) is 6.42 Å². The average Bonchev–Trinajstić information content (AvgIpc) is 3.35. The van der Waals surface area contributed by atoms with Gasteiger partial charge in [-0.3, -0.25) is 4.79 Å². The molecule has 5 rings (SSSR count). The van der Waals surface area contributed by atoms with Crippen molar-refractivity contribution in [3.05, 3.63) is 54.6 Å². The molecule has 0 unspecified atom stereocenters. The third-order valence-electron chi connectivity index (χ3n) is 5.58. The van der Waals surface area contributed by atoms with E-state index in [1.807, 2.05) is 54.6 Å². The summed E-state index contributed by atoms with van der Waals surface area (Å²) in [6.45, 7) is 0. The second kappa shape index (κ2) is 5.97. The fourth-order valence-corrected chi connectivity index (χ4v) is 4.22. The zero-order valence-electron chi connectivity index (χ0n) is 14.2. The number of nitrogens with one attached hydrogen (secondary N) is 2. The standard InChI is InChI=1S/C21H20N2O3/c24-17-10-14-9-16(17)23-20(14)21(25)22-15-7-5-12(6-8-15)19-11-13-3-1-2-4-18(13)26-19/h1-8,11,14,16-17,20,23-24H,9-10H2,(H,22,25)/t14-,16+,17+,20+/m0/s1. The van der Waals surface area contributed by atoms with E-state index in [0.717, 1.165) is 34.4 Å². The molecule has 1 saturated heterocycles. The lowest BCUT2D eigenvalue weighted by Crippen LogP contribution is -2.49. The van der Waals surface area contributed by atoms with Gasteiger partial charge in [-0.25, -0.2) is 0 Å². The number of anilines is 1. The van der Waals surface area contributed by atoms with Crippen LogP contribution in [0, 0.1) is 5.92 Å². The molecular formula is C21H20N2O3. The Hall–Kier alpha value is -2.63. The Morgan fingerprint density at radius 1 is 1.12 bits per heavy atom. The Balaban J connectivity index is 1.30. The van der Waals surface area contributed by atoms with E-state index < -0.39 is 0 Å². The zero-order chi connectivity index (χ0) is 17.7. The fourth-order valence-electron chi connectivity index (χ4n) is 4.22. The van der Waals surface area contributed by atoms with Gasteiger partial charge >= 0.3 is 0 Å². The van der Waals surface area contributed by atoms with Crippen molar-refractivity contribution in [3.63, 3.8) is 0 Å². The Labute approximate surface area is 151 Å². The highest BCUT2D eigenvalue weighted by Gasteiger charge is 2.47. The summed E-state index contributed by atoms with van der Waals surface area (Å²) in [5.41, 5.74) is 2.60. The van der Waals surface area contributed by atoms with Gasteiger partial charge in [0, 0.05) is 22.7 Å². The predicted octanol–water partition coefficient (Wildman–Crippen LogP) is 3.15. The number of carbonyl (C=O) groups excluding carboxylic acids is 1. The SMILES string of the molecule is O=C(Nc1ccc(-c2cc3ccccc3o2)cc1)[C@@H]1N[C@@H]2C[C@H]1C[C@H]2O. The van der Waals surface area contributed by atoms with Crippen LogP contribution < -0.4 is 10.6 Å². The van der Waals surface area contributed by atoms with E-state index in [1.54, 1.807) is 0 Å². The second-order valence-electron chi connectivity index (χ2n) is 7.26. The summed E-state index contributed by atoms with van der Waals surface area (Å²) in [7, 11) is 0. The lowest BCUT2D eigenvalue weighted by molar-refractivity contribution is -0.119. The van der Waals surface area contributed by atoms with E-state index in [1.165, 1.54) is 0 Å². The number of amides is 1. The quantitative estimate of drug-likeness (QED) is 0.680. The van der Waals surface area contributed by atoms with E-state index in [2.05, 4.69) is 10.6 Å². The zero-order valence-corrected chi connectivity index (χ0v) is 14.2. The van der Waals surface area contributed by atoms with Gasteiger partial charge in [-0.2, -0.15) is 0 Å². The monoisotopic (exact) mass is 348 g/mol. The number of piperidine rings is 1. The molecule has 2 bridgehead atoms. The summed E-state index contributed by atoms with van der Waals surface area (Å²) in [4.78, 5) is 12.5. The van der Waals surface area contributed by atoms with Crippen LogP contribution in [0.1, 0.15) is 12.8 Å². The van der Waals surface area contributed by atoms with Crippen LogP contribution in [0.25, 0.3) is 22.3 Å². The molecule has 2 heterocycles. The van der Waals surface area contributed by atoms with E-state index in [-0.39, 0.29) is 30.0 Å². The number of hydrogen-bond donors (Lipinski definition) is 3. The summed E-state index contributed by atoms with van der Waals surface area (Å²) in [5.74, 6) is 1.01. The maximum Gasteiger partial charge on any atom is 0.241 e. The Morgan fingerprint density at radius 3 is 2.62 bits per heavy atom. The number of carbonyl (C=O) groups is 1. The van der Waals surface area contributed by atoms with Crippen LogP contribution in [0.3, 0.4) is 0 Å². The number of rotatable bonds is 3. The van der Waals surface area contributed by atoms with E-state index >= 15 is 0 Å². The maximum atomic E-state index is 12.5. The minimum atomic E-state index is -0.313. The fraction of sp³-hybridized carbons (Fsp3) is 0.286. The first-order valence-electron chi connectivity index (χ1n) is 9.01. The van der Waals surface area contributed by atoms with Gasteiger partial charge in [0.25, 0.3) is 0 Å². The molecule has 1 aromatic heterocycles. The molecule has 1 aliphatic carbocycles. The van der Waals surface area contributed by atoms with E-state index in [4.69, 9.17) is 4.42 Å². The average molecular weight is 348 g/mol. The number of aliphatic hydroxyl groups excluding tert-OH is 1. The third kappa shape index (κ3) is 2.60. The Kier molecular flexibility index (Phi) is 3.58. The van der Waals surface area contributed by atoms with Gasteiger partial charge in [0.05, 0.1) is 12.1 Å². The van der Waals surface area contributed by atoms with Crippen LogP contribution in [-0.4, -0.2) is 29.2 Å². The van der Waals surface area contributed by atoms with Gasteiger partial charge in [-0.1, -0.05) is 18.2 Å². The van der Waals surface area contributed by atoms with Crippen molar-refractivity contribution in [2.45, 2.75) is 31.0 Å². The van der Waals surface area contributed by atoms with Gasteiger partial charge < -0.3 is 20.2 Å². The van der Waals surface area contributed by atoms with Crippen LogP contribution in [0.2, 0.25) is 0 Å². The molecule has 0 spiro atoms. The first-order valence-corrected chi connectivity index (χ1v) is 9.01. The minimum absolute atomic E-state index is 0.0270. The molecule has 4 atom stereocenters.